The zero-order valence-corrected chi connectivity index (χ0v) is 11.8. The Bertz CT molecular complexity index is 3.25. The zero-order valence-electron chi connectivity index (χ0n) is 1.80. The van der Waals surface area contributed by atoms with Gasteiger partial charge >= 0.3 is 0 Å². The van der Waals surface area contributed by atoms with Gasteiger partial charge in [-0.15, -0.1) is 0 Å². The Labute approximate surface area is 92.2 Å². The predicted molar refractivity (Wildman–Crippen MR) is 17.3 cm³/mol. The standard InChI is InChI=1S/Ag.3Sn. The van der Waals surface area contributed by atoms with Gasteiger partial charge < -0.3 is 0 Å². The summed E-state index contributed by atoms with van der Waals surface area (Å²) in [4.78, 5) is 0. The van der Waals surface area contributed by atoms with Gasteiger partial charge in [0.2, 0.25) is 0 Å². The van der Waals surface area contributed by atoms with Crippen molar-refractivity contribution in [1.82, 2.24) is 0 Å². The molecule has 23 valence electrons. The van der Waals surface area contributed by atoms with Gasteiger partial charge in [0, 0.05) is 94.1 Å². The van der Waals surface area contributed by atoms with E-state index in [9.17, 15) is 0 Å². The maximum atomic E-state index is 0. The molecule has 0 saturated carbocycles. The Morgan fingerprint density at radius 2 is 0.500 bits per heavy atom. The van der Waals surface area contributed by atoms with E-state index >= 15 is 0 Å². The Morgan fingerprint density at radius 3 is 0.500 bits per heavy atom. The van der Waals surface area contributed by atoms with Gasteiger partial charge in [0.15, 0.2) is 0 Å². The Kier molecular flexibility index (Phi) is 112. The van der Waals surface area contributed by atoms with Crippen molar-refractivity contribution in [3.63, 3.8) is 0 Å². The summed E-state index contributed by atoms with van der Waals surface area (Å²) in [6, 6.07) is 0. The summed E-state index contributed by atoms with van der Waals surface area (Å²) in [6.07, 6.45) is 0. The van der Waals surface area contributed by atoms with Crippen LogP contribution in [-0.2, 0) is 22.4 Å². The summed E-state index contributed by atoms with van der Waals surface area (Å²) in [7, 11) is 0. The molecule has 0 amide bonds. The molecular formula is AgSn3. The molecule has 0 N–H and O–H groups in total. The van der Waals surface area contributed by atoms with Gasteiger partial charge in [-0.3, -0.25) is 0 Å². The predicted octanol–water partition coefficient (Wildman–Crippen LogP) is -1.14. The van der Waals surface area contributed by atoms with E-state index in [2.05, 4.69) is 0 Å². The number of hydrogen-bond acceptors (Lipinski definition) is 0. The maximum absolute atomic E-state index is 0. The second kappa shape index (κ2) is 16.5. The van der Waals surface area contributed by atoms with Crippen LogP contribution in [0.15, 0.2) is 0 Å². The fourth-order valence-electron chi connectivity index (χ4n) is 0. The average Bonchev–Trinajstić information content (AvgIpc) is 0. The van der Waals surface area contributed by atoms with Crippen LogP contribution < -0.4 is 0 Å². The topological polar surface area (TPSA) is 0 Å². The van der Waals surface area contributed by atoms with Gasteiger partial charge in [0.25, 0.3) is 0 Å². The summed E-state index contributed by atoms with van der Waals surface area (Å²) in [6.45, 7) is 0. The molecule has 0 saturated heterocycles. The fourth-order valence-corrected chi connectivity index (χ4v) is 0. The normalized spacial score (nSPS) is 0. The van der Waals surface area contributed by atoms with Crippen LogP contribution in [0.3, 0.4) is 0 Å². The molecule has 0 bridgehead atoms. The van der Waals surface area contributed by atoms with E-state index in [1.807, 2.05) is 0 Å². The van der Waals surface area contributed by atoms with Crippen molar-refractivity contribution in [1.29, 1.82) is 0 Å². The van der Waals surface area contributed by atoms with E-state index < -0.39 is 0 Å². The monoisotopic (exact) mass is 467 g/mol. The van der Waals surface area contributed by atoms with Crippen LogP contribution in [-0.4, -0.2) is 71.7 Å². The largest absolute Gasteiger partial charge is 0 e. The van der Waals surface area contributed by atoms with Crippen molar-refractivity contribution in [2.45, 2.75) is 0 Å². The van der Waals surface area contributed by atoms with Gasteiger partial charge in [-0.1, -0.05) is 0 Å². The second-order valence-electron chi connectivity index (χ2n) is 0. The van der Waals surface area contributed by atoms with E-state index in [0.717, 1.165) is 0 Å². The van der Waals surface area contributed by atoms with Crippen LogP contribution in [0.4, 0.5) is 0 Å². The molecule has 4 heteroatoms. The molecule has 0 unspecified atom stereocenters. The Hall–Kier alpha value is 3.14. The number of rotatable bonds is 0. The van der Waals surface area contributed by atoms with Crippen LogP contribution in [0.25, 0.3) is 0 Å². The second-order valence-corrected chi connectivity index (χ2v) is 0. The maximum Gasteiger partial charge on any atom is 0 e. The van der Waals surface area contributed by atoms with Crippen LogP contribution in [0.5, 0.6) is 0 Å². The molecule has 13 radical (unpaired) electrons. The summed E-state index contributed by atoms with van der Waals surface area (Å²) < 4.78 is 0. The summed E-state index contributed by atoms with van der Waals surface area (Å²) in [5.74, 6) is 0. The molecule has 0 atom stereocenters. The molecule has 0 spiro atoms. The Balaban J connectivity index is 0. The van der Waals surface area contributed by atoms with Gasteiger partial charge in [0.05, 0.1) is 0 Å². The fraction of sp³-hybridized carbons (Fsp3) is 0. The first-order valence-corrected chi connectivity index (χ1v) is 0. The van der Waals surface area contributed by atoms with Crippen molar-refractivity contribution in [3.05, 3.63) is 0 Å². The molecule has 0 fully saturated rings. The molecular weight excluding hydrogens is 464 g/mol. The summed E-state index contributed by atoms with van der Waals surface area (Å²) in [5.41, 5.74) is 0. The molecule has 0 rings (SSSR count). The van der Waals surface area contributed by atoms with Gasteiger partial charge in [-0.25, -0.2) is 0 Å². The minimum atomic E-state index is 0. The van der Waals surface area contributed by atoms with Crippen LogP contribution in [0, 0.1) is 0 Å². The molecule has 0 aliphatic heterocycles. The minimum Gasteiger partial charge on any atom is 0 e. The van der Waals surface area contributed by atoms with Crippen LogP contribution in [0.2, 0.25) is 0 Å². The van der Waals surface area contributed by atoms with Gasteiger partial charge in [-0.2, -0.15) is 0 Å². The smallest absolute Gasteiger partial charge is 0 e. The van der Waals surface area contributed by atoms with Crippen molar-refractivity contribution in [2.75, 3.05) is 0 Å². The van der Waals surface area contributed by atoms with E-state index in [1.54, 1.807) is 0 Å². The molecule has 0 aliphatic rings. The Morgan fingerprint density at radius 1 is 0.500 bits per heavy atom. The van der Waals surface area contributed by atoms with E-state index in [4.69, 9.17) is 0 Å². The van der Waals surface area contributed by atoms with Crippen molar-refractivity contribution < 1.29 is 22.4 Å². The van der Waals surface area contributed by atoms with Gasteiger partial charge in [0.1, 0.15) is 0 Å². The quantitative estimate of drug-likeness (QED) is 0.398. The summed E-state index contributed by atoms with van der Waals surface area (Å²) >= 11 is 0. The first-order valence-electron chi connectivity index (χ1n) is 0. The zero-order chi connectivity index (χ0) is 0. The molecule has 0 heterocycles. The molecule has 0 aliphatic carbocycles. The molecule has 0 aromatic rings. The SMILES string of the molecule is [Ag].[Sn].[Sn].[Sn]. The molecule has 0 aromatic heterocycles. The average molecular weight is 464 g/mol. The van der Waals surface area contributed by atoms with Crippen molar-refractivity contribution >= 4 is 71.7 Å². The molecule has 4 heavy (non-hydrogen) atoms. The third-order valence-electron chi connectivity index (χ3n) is 0. The van der Waals surface area contributed by atoms with Crippen LogP contribution in [0.1, 0.15) is 0 Å². The van der Waals surface area contributed by atoms with Crippen LogP contribution >= 0.6 is 0 Å². The van der Waals surface area contributed by atoms with E-state index in [-0.39, 0.29) is 94.1 Å². The third-order valence-corrected chi connectivity index (χ3v) is 0. The molecule has 0 aromatic carbocycles. The molecule has 0 nitrogen and oxygen atoms in total. The first-order chi connectivity index (χ1) is 0. The minimum absolute atomic E-state index is 0. The van der Waals surface area contributed by atoms with Crippen molar-refractivity contribution in [3.8, 4) is 0 Å². The van der Waals surface area contributed by atoms with Crippen molar-refractivity contribution in [2.24, 2.45) is 0 Å². The third kappa shape index (κ3) is 8.93. The number of hydrogen-bond donors (Lipinski definition) is 0. The van der Waals surface area contributed by atoms with Gasteiger partial charge in [-0.05, 0) is 0 Å². The summed E-state index contributed by atoms with van der Waals surface area (Å²) in [5, 5.41) is 0. The first kappa shape index (κ1) is 27.3. The van der Waals surface area contributed by atoms with E-state index in [0.29, 0.717) is 0 Å². The van der Waals surface area contributed by atoms with E-state index in [1.165, 1.54) is 0 Å².